The molecule has 0 fully saturated rings. The first-order valence-electron chi connectivity index (χ1n) is 11.6. The lowest BCUT2D eigenvalue weighted by molar-refractivity contribution is -0.135. The number of hydroxylamine groups is 1. The fourth-order valence-corrected chi connectivity index (χ4v) is 4.48. The Morgan fingerprint density at radius 2 is 1.59 bits per heavy atom. The minimum atomic E-state index is -1.10. The smallest absolute Gasteiger partial charge is 0.408 e. The lowest BCUT2D eigenvalue weighted by Gasteiger charge is -2.22. The summed E-state index contributed by atoms with van der Waals surface area (Å²) in [6, 6.07) is 20.5. The number of nitrogens with one attached hydrogen (secondary N) is 3. The Morgan fingerprint density at radius 1 is 0.865 bits per heavy atom. The normalized spacial score (nSPS) is 12.4. The van der Waals surface area contributed by atoms with Gasteiger partial charge < -0.3 is 15.4 Å². The highest BCUT2D eigenvalue weighted by Gasteiger charge is 2.28. The standard InChI is InChI=1S/C27H26N4O5S/c32-25(29-24(26(33)31-35)14-21-16-37-17-28-21)23(30-27(34)36-15-18-7-2-1-3-8-18)13-20-11-6-10-19-9-4-5-12-22(19)20/h1-12,16-17,23-24,35H,13-15H2,(H,29,32)(H,30,34)(H,31,33). The van der Waals surface area contributed by atoms with Crippen molar-refractivity contribution in [3.63, 3.8) is 0 Å². The Labute approximate surface area is 217 Å². The van der Waals surface area contributed by atoms with Crippen LogP contribution in [0.5, 0.6) is 0 Å². The molecule has 3 aromatic carbocycles. The Hall–Kier alpha value is -4.28. The molecule has 190 valence electrons. The van der Waals surface area contributed by atoms with E-state index in [1.165, 1.54) is 11.3 Å². The summed E-state index contributed by atoms with van der Waals surface area (Å²) < 4.78 is 5.33. The number of amides is 3. The van der Waals surface area contributed by atoms with Gasteiger partial charge in [0.05, 0.1) is 11.2 Å². The second-order valence-electron chi connectivity index (χ2n) is 8.32. The van der Waals surface area contributed by atoms with Crippen LogP contribution in [0, 0.1) is 0 Å². The molecule has 3 amide bonds. The summed E-state index contributed by atoms with van der Waals surface area (Å²) in [6.45, 7) is 0.0364. The number of hydrogen-bond donors (Lipinski definition) is 4. The summed E-state index contributed by atoms with van der Waals surface area (Å²) in [4.78, 5) is 42.5. The van der Waals surface area contributed by atoms with Crippen molar-refractivity contribution in [1.82, 2.24) is 21.1 Å². The average Bonchev–Trinajstić information content (AvgIpc) is 3.44. The van der Waals surface area contributed by atoms with Crippen LogP contribution >= 0.6 is 11.3 Å². The van der Waals surface area contributed by atoms with Crippen molar-refractivity contribution in [2.75, 3.05) is 0 Å². The number of rotatable bonds is 10. The maximum atomic E-state index is 13.4. The highest BCUT2D eigenvalue weighted by Crippen LogP contribution is 2.20. The Morgan fingerprint density at radius 3 is 2.35 bits per heavy atom. The summed E-state index contributed by atoms with van der Waals surface area (Å²) in [5, 5.41) is 18.2. The molecule has 9 nitrogen and oxygen atoms in total. The maximum Gasteiger partial charge on any atom is 0.408 e. The number of ether oxygens (including phenoxy) is 1. The predicted molar refractivity (Wildman–Crippen MR) is 139 cm³/mol. The second-order valence-corrected chi connectivity index (χ2v) is 9.04. The van der Waals surface area contributed by atoms with Gasteiger partial charge in [0.25, 0.3) is 5.91 Å². The highest BCUT2D eigenvalue weighted by atomic mass is 32.1. The molecule has 0 aliphatic carbocycles. The first kappa shape index (κ1) is 25.8. The first-order valence-corrected chi connectivity index (χ1v) is 12.5. The molecule has 0 saturated heterocycles. The lowest BCUT2D eigenvalue weighted by Crippen LogP contribution is -2.54. The van der Waals surface area contributed by atoms with E-state index in [4.69, 9.17) is 4.74 Å². The largest absolute Gasteiger partial charge is 0.445 e. The molecule has 4 rings (SSSR count). The zero-order valence-electron chi connectivity index (χ0n) is 19.8. The van der Waals surface area contributed by atoms with E-state index in [1.54, 1.807) is 16.4 Å². The van der Waals surface area contributed by atoms with Crippen LogP contribution in [0.25, 0.3) is 10.8 Å². The number of hydrogen-bond acceptors (Lipinski definition) is 7. The number of nitrogens with zero attached hydrogens (tertiary/aromatic N) is 1. The van der Waals surface area contributed by atoms with Crippen LogP contribution in [0.4, 0.5) is 4.79 Å². The van der Waals surface area contributed by atoms with Gasteiger partial charge in [0.1, 0.15) is 18.7 Å². The molecule has 1 aromatic heterocycles. The van der Waals surface area contributed by atoms with E-state index in [9.17, 15) is 19.6 Å². The molecule has 1 heterocycles. The van der Waals surface area contributed by atoms with Gasteiger partial charge in [-0.25, -0.2) is 15.3 Å². The SMILES string of the molecule is O=C(NC(Cc1cccc2ccccc12)C(=O)NC(Cc1cscn1)C(=O)NO)OCc1ccccc1. The molecule has 0 bridgehead atoms. The van der Waals surface area contributed by atoms with Crippen LogP contribution in [0.1, 0.15) is 16.8 Å². The zero-order valence-corrected chi connectivity index (χ0v) is 20.6. The number of aromatic nitrogens is 1. The van der Waals surface area contributed by atoms with Crippen molar-refractivity contribution in [2.45, 2.75) is 31.5 Å². The second kappa shape index (κ2) is 12.6. The summed E-state index contributed by atoms with van der Waals surface area (Å²) >= 11 is 1.35. The number of benzene rings is 3. The highest BCUT2D eigenvalue weighted by molar-refractivity contribution is 7.07. The molecule has 10 heteroatoms. The monoisotopic (exact) mass is 518 g/mol. The van der Waals surface area contributed by atoms with Gasteiger partial charge in [0.15, 0.2) is 0 Å². The molecule has 2 unspecified atom stereocenters. The van der Waals surface area contributed by atoms with Gasteiger partial charge in [-0.05, 0) is 21.9 Å². The fraction of sp³-hybridized carbons (Fsp3) is 0.185. The molecular weight excluding hydrogens is 492 g/mol. The van der Waals surface area contributed by atoms with E-state index in [2.05, 4.69) is 15.6 Å². The number of carbonyl (C=O) groups excluding carboxylic acids is 3. The fourth-order valence-electron chi connectivity index (χ4n) is 3.91. The van der Waals surface area contributed by atoms with Crippen molar-refractivity contribution < 1.29 is 24.3 Å². The average molecular weight is 519 g/mol. The summed E-state index contributed by atoms with van der Waals surface area (Å²) in [5.74, 6) is -1.40. The third-order valence-electron chi connectivity index (χ3n) is 5.77. The molecule has 0 radical (unpaired) electrons. The van der Waals surface area contributed by atoms with Gasteiger partial charge in [0.2, 0.25) is 5.91 Å². The van der Waals surface area contributed by atoms with Crippen molar-refractivity contribution in [3.8, 4) is 0 Å². The van der Waals surface area contributed by atoms with Crippen molar-refractivity contribution in [3.05, 3.63) is 101 Å². The molecule has 0 aliphatic rings. The van der Waals surface area contributed by atoms with Crippen LogP contribution < -0.4 is 16.1 Å². The maximum absolute atomic E-state index is 13.4. The van der Waals surface area contributed by atoms with Crippen LogP contribution in [0.2, 0.25) is 0 Å². The van der Waals surface area contributed by atoms with E-state index in [0.29, 0.717) is 5.69 Å². The summed E-state index contributed by atoms with van der Waals surface area (Å²) in [6.07, 6.45) is -0.550. The molecule has 2 atom stereocenters. The minimum Gasteiger partial charge on any atom is -0.445 e. The van der Waals surface area contributed by atoms with Gasteiger partial charge in [-0.2, -0.15) is 0 Å². The summed E-state index contributed by atoms with van der Waals surface area (Å²) in [7, 11) is 0. The van der Waals surface area contributed by atoms with Gasteiger partial charge in [0, 0.05) is 18.2 Å². The first-order chi connectivity index (χ1) is 18.0. The minimum absolute atomic E-state index is 0.0364. The zero-order chi connectivity index (χ0) is 26.0. The van der Waals surface area contributed by atoms with Gasteiger partial charge in [-0.3, -0.25) is 14.8 Å². The van der Waals surface area contributed by atoms with Gasteiger partial charge in [-0.15, -0.1) is 11.3 Å². The third-order valence-corrected chi connectivity index (χ3v) is 6.40. The third kappa shape index (κ3) is 7.12. The molecule has 0 spiro atoms. The van der Waals surface area contributed by atoms with Crippen molar-refractivity contribution in [2.24, 2.45) is 0 Å². The quantitative estimate of drug-likeness (QED) is 0.188. The van der Waals surface area contributed by atoms with E-state index < -0.39 is 30.0 Å². The number of thiazole rings is 1. The van der Waals surface area contributed by atoms with Crippen LogP contribution in [0.15, 0.2) is 83.7 Å². The van der Waals surface area contributed by atoms with E-state index in [1.807, 2.05) is 72.8 Å². The Balaban J connectivity index is 1.53. The lowest BCUT2D eigenvalue weighted by atomic mass is 9.98. The van der Waals surface area contributed by atoms with Gasteiger partial charge in [-0.1, -0.05) is 72.8 Å². The Bertz CT molecular complexity index is 1340. The topological polar surface area (TPSA) is 130 Å². The molecule has 37 heavy (non-hydrogen) atoms. The molecule has 0 aliphatic heterocycles. The Kier molecular flexibility index (Phi) is 8.79. The van der Waals surface area contributed by atoms with Crippen molar-refractivity contribution in [1.29, 1.82) is 0 Å². The van der Waals surface area contributed by atoms with Gasteiger partial charge >= 0.3 is 6.09 Å². The van der Waals surface area contributed by atoms with Crippen LogP contribution in [-0.4, -0.2) is 40.2 Å². The van der Waals surface area contributed by atoms with E-state index >= 15 is 0 Å². The van der Waals surface area contributed by atoms with Crippen molar-refractivity contribution >= 4 is 40.0 Å². The van der Waals surface area contributed by atoms with Crippen LogP contribution in [-0.2, 0) is 33.8 Å². The van der Waals surface area contributed by atoms with E-state index in [0.717, 1.165) is 21.9 Å². The molecule has 4 N–H and O–H groups in total. The molecule has 0 saturated carbocycles. The van der Waals surface area contributed by atoms with E-state index in [-0.39, 0.29) is 19.4 Å². The number of carbonyl (C=O) groups is 3. The van der Waals surface area contributed by atoms with Crippen LogP contribution in [0.3, 0.4) is 0 Å². The number of fused-ring (bicyclic) bond motifs is 1. The predicted octanol–water partition coefficient (Wildman–Crippen LogP) is 3.37. The summed E-state index contributed by atoms with van der Waals surface area (Å²) in [5.41, 5.74) is 5.42. The molecule has 4 aromatic rings. The number of alkyl carbamates (subject to hydrolysis) is 1. The molecular formula is C27H26N4O5S.